The number of hydrogen-bond donors (Lipinski definition) is 0. The molecule has 0 aromatic heterocycles. The summed E-state index contributed by atoms with van der Waals surface area (Å²) in [5.74, 6) is 0.929. The van der Waals surface area contributed by atoms with Crippen molar-refractivity contribution in [3.63, 3.8) is 0 Å². The smallest absolute Gasteiger partial charge is 0.310 e. The average molecular weight is 170 g/mol. The topological polar surface area (TPSA) is 26.3 Å². The standard InChI is InChI=1S/C8H10O2S/c1-3-5-2-4-7(11-5)6(3)10-8(4)9/h3-7H,2H2,1H3. The molecule has 0 aromatic rings. The van der Waals surface area contributed by atoms with Gasteiger partial charge in [0.05, 0.1) is 11.2 Å². The molecule has 3 heteroatoms. The highest BCUT2D eigenvalue weighted by molar-refractivity contribution is 8.01. The van der Waals surface area contributed by atoms with E-state index in [-0.39, 0.29) is 18.0 Å². The highest BCUT2D eigenvalue weighted by Gasteiger charge is 2.60. The van der Waals surface area contributed by atoms with Gasteiger partial charge in [-0.1, -0.05) is 6.92 Å². The Balaban J connectivity index is 2.04. The minimum Gasteiger partial charge on any atom is -0.461 e. The number of carbonyl (C=O) groups is 1. The van der Waals surface area contributed by atoms with Gasteiger partial charge in [0.15, 0.2) is 0 Å². The fourth-order valence-corrected chi connectivity index (χ4v) is 4.51. The van der Waals surface area contributed by atoms with Crippen LogP contribution in [0.2, 0.25) is 0 Å². The number of ether oxygens (including phenoxy) is 1. The molecule has 3 heterocycles. The maximum absolute atomic E-state index is 11.2. The van der Waals surface area contributed by atoms with Crippen molar-refractivity contribution in [3.8, 4) is 0 Å². The zero-order valence-corrected chi connectivity index (χ0v) is 7.14. The Morgan fingerprint density at radius 3 is 3.09 bits per heavy atom. The van der Waals surface area contributed by atoms with Gasteiger partial charge in [0.2, 0.25) is 0 Å². The van der Waals surface area contributed by atoms with Crippen molar-refractivity contribution in [1.29, 1.82) is 0 Å². The fourth-order valence-electron chi connectivity index (χ4n) is 2.52. The highest BCUT2D eigenvalue weighted by Crippen LogP contribution is 2.57. The first kappa shape index (κ1) is 6.35. The summed E-state index contributed by atoms with van der Waals surface area (Å²) in [5.41, 5.74) is 0. The summed E-state index contributed by atoms with van der Waals surface area (Å²) < 4.78 is 5.29. The second-order valence-corrected chi connectivity index (χ2v) is 5.16. The number of carbonyl (C=O) groups excluding carboxylic acids is 1. The highest BCUT2D eigenvalue weighted by atomic mass is 32.2. The van der Waals surface area contributed by atoms with Crippen molar-refractivity contribution in [1.82, 2.24) is 0 Å². The molecule has 5 unspecified atom stereocenters. The lowest BCUT2D eigenvalue weighted by Gasteiger charge is -2.18. The summed E-state index contributed by atoms with van der Waals surface area (Å²) in [4.78, 5) is 11.2. The van der Waals surface area contributed by atoms with E-state index < -0.39 is 0 Å². The summed E-state index contributed by atoms with van der Waals surface area (Å²) in [6.07, 6.45) is 1.34. The van der Waals surface area contributed by atoms with Crippen molar-refractivity contribution in [2.75, 3.05) is 0 Å². The Labute approximate surface area is 69.7 Å². The molecular weight excluding hydrogens is 160 g/mol. The second-order valence-electron chi connectivity index (χ2n) is 3.74. The monoisotopic (exact) mass is 170 g/mol. The molecule has 11 heavy (non-hydrogen) atoms. The number of rotatable bonds is 0. The van der Waals surface area contributed by atoms with E-state index in [4.69, 9.17) is 4.74 Å². The predicted molar refractivity (Wildman–Crippen MR) is 42.3 cm³/mol. The lowest BCUT2D eigenvalue weighted by Crippen LogP contribution is -2.29. The van der Waals surface area contributed by atoms with Gasteiger partial charge >= 0.3 is 5.97 Å². The van der Waals surface area contributed by atoms with Crippen LogP contribution in [0.15, 0.2) is 0 Å². The van der Waals surface area contributed by atoms with Gasteiger partial charge in [-0.2, -0.15) is 0 Å². The van der Waals surface area contributed by atoms with E-state index >= 15 is 0 Å². The number of thioether (sulfide) groups is 1. The van der Waals surface area contributed by atoms with Crippen LogP contribution >= 0.6 is 11.8 Å². The minimum absolute atomic E-state index is 0.0688. The summed E-state index contributed by atoms with van der Waals surface area (Å²) in [5, 5.41) is 1.23. The van der Waals surface area contributed by atoms with E-state index in [2.05, 4.69) is 6.92 Å². The molecule has 3 rings (SSSR count). The second kappa shape index (κ2) is 1.76. The quantitative estimate of drug-likeness (QED) is 0.508. The molecule has 3 aliphatic heterocycles. The van der Waals surface area contributed by atoms with Crippen LogP contribution in [0.5, 0.6) is 0 Å². The lowest BCUT2D eigenvalue weighted by molar-refractivity contribution is -0.144. The SMILES string of the molecule is CC1C2CC3C(=O)OC1C3S2. The largest absolute Gasteiger partial charge is 0.461 e. The first-order chi connectivity index (χ1) is 5.27. The molecule has 0 N–H and O–H groups in total. The third kappa shape index (κ3) is 0.593. The zero-order chi connectivity index (χ0) is 7.59. The molecule has 0 saturated carbocycles. The van der Waals surface area contributed by atoms with Gasteiger partial charge in [-0.25, -0.2) is 0 Å². The molecule has 0 radical (unpaired) electrons. The Morgan fingerprint density at radius 2 is 2.45 bits per heavy atom. The Hall–Kier alpha value is -0.180. The Morgan fingerprint density at radius 1 is 1.64 bits per heavy atom. The van der Waals surface area contributed by atoms with Crippen molar-refractivity contribution >= 4 is 17.7 Å². The fraction of sp³-hybridized carbons (Fsp3) is 0.875. The Kier molecular flexibility index (Phi) is 1.02. The lowest BCUT2D eigenvalue weighted by atomic mass is 9.83. The molecular formula is C8H10O2S. The maximum atomic E-state index is 11.2. The van der Waals surface area contributed by atoms with E-state index in [9.17, 15) is 4.79 Å². The molecule has 3 aliphatic rings. The molecule has 0 aromatic carbocycles. The molecule has 0 spiro atoms. The number of esters is 1. The van der Waals surface area contributed by atoms with E-state index in [1.807, 2.05) is 11.8 Å². The molecule has 0 amide bonds. The van der Waals surface area contributed by atoms with E-state index in [1.54, 1.807) is 0 Å². The van der Waals surface area contributed by atoms with Crippen LogP contribution in [0.1, 0.15) is 13.3 Å². The van der Waals surface area contributed by atoms with Crippen LogP contribution in [0.25, 0.3) is 0 Å². The zero-order valence-electron chi connectivity index (χ0n) is 6.32. The van der Waals surface area contributed by atoms with Crippen molar-refractivity contribution in [2.24, 2.45) is 11.8 Å². The first-order valence-corrected chi connectivity index (χ1v) is 5.07. The predicted octanol–water partition coefficient (Wildman–Crippen LogP) is 1.05. The molecule has 5 atom stereocenters. The summed E-state index contributed by atoms with van der Waals surface area (Å²) in [7, 11) is 0. The first-order valence-electron chi connectivity index (χ1n) is 4.13. The van der Waals surface area contributed by atoms with Gasteiger partial charge in [-0.3, -0.25) is 4.79 Å². The molecule has 3 saturated heterocycles. The van der Waals surface area contributed by atoms with Gasteiger partial charge in [-0.05, 0) is 6.42 Å². The molecule has 0 aliphatic carbocycles. The van der Waals surface area contributed by atoms with Crippen LogP contribution < -0.4 is 0 Å². The van der Waals surface area contributed by atoms with E-state index in [0.717, 1.165) is 6.42 Å². The minimum atomic E-state index is 0.0688. The average Bonchev–Trinajstić information content (AvgIpc) is 2.53. The number of fused-ring (bicyclic) bond motifs is 1. The van der Waals surface area contributed by atoms with Crippen molar-refractivity contribution in [2.45, 2.75) is 29.9 Å². The normalized spacial score (nSPS) is 58.6. The van der Waals surface area contributed by atoms with Gasteiger partial charge in [0.1, 0.15) is 6.10 Å². The van der Waals surface area contributed by atoms with Gasteiger partial charge in [-0.15, -0.1) is 11.8 Å². The molecule has 60 valence electrons. The molecule has 3 fully saturated rings. The van der Waals surface area contributed by atoms with Crippen LogP contribution in [-0.2, 0) is 9.53 Å². The van der Waals surface area contributed by atoms with Crippen LogP contribution in [0.4, 0.5) is 0 Å². The van der Waals surface area contributed by atoms with Crippen LogP contribution in [0, 0.1) is 11.8 Å². The third-order valence-corrected chi connectivity index (χ3v) is 5.08. The van der Waals surface area contributed by atoms with Crippen LogP contribution in [0.3, 0.4) is 0 Å². The Bertz CT molecular complexity index is 228. The van der Waals surface area contributed by atoms with E-state index in [1.165, 1.54) is 0 Å². The van der Waals surface area contributed by atoms with Crippen molar-refractivity contribution < 1.29 is 9.53 Å². The molecule has 2 bridgehead atoms. The molecule has 2 nitrogen and oxygen atoms in total. The van der Waals surface area contributed by atoms with Gasteiger partial charge in [0.25, 0.3) is 0 Å². The number of hydrogen-bond acceptors (Lipinski definition) is 3. The third-order valence-electron chi connectivity index (χ3n) is 3.20. The summed E-state index contributed by atoms with van der Waals surface area (Å²) in [6, 6.07) is 0. The van der Waals surface area contributed by atoms with Crippen molar-refractivity contribution in [3.05, 3.63) is 0 Å². The summed E-state index contributed by atoms with van der Waals surface area (Å²) >= 11 is 1.98. The van der Waals surface area contributed by atoms with Crippen LogP contribution in [-0.4, -0.2) is 22.6 Å². The maximum Gasteiger partial charge on any atom is 0.310 e. The van der Waals surface area contributed by atoms with E-state index in [0.29, 0.717) is 16.4 Å². The summed E-state index contributed by atoms with van der Waals surface area (Å²) in [6.45, 7) is 2.21. The van der Waals surface area contributed by atoms with Gasteiger partial charge in [0, 0.05) is 11.2 Å². The van der Waals surface area contributed by atoms with Gasteiger partial charge < -0.3 is 4.74 Å².